The second kappa shape index (κ2) is 3.25. The monoisotopic (exact) mass is 170 g/mol. The molecule has 66 valence electrons. The number of urea groups is 1. The molecular formula is C7H10N2O3. The Morgan fingerprint density at radius 2 is 2.25 bits per heavy atom. The van der Waals surface area contributed by atoms with Crippen LogP contribution in [0.4, 0.5) is 9.59 Å². The molecule has 0 bridgehead atoms. The highest BCUT2D eigenvalue weighted by atomic mass is 16.4. The summed E-state index contributed by atoms with van der Waals surface area (Å²) in [5, 5.41) is 10.00. The predicted octanol–water partition coefficient (Wildman–Crippen LogP) is 0.636. The molecule has 0 aliphatic carbocycles. The highest BCUT2D eigenvalue weighted by Gasteiger charge is 2.21. The summed E-state index contributed by atoms with van der Waals surface area (Å²) in [7, 11) is 0. The second-order valence-electron chi connectivity index (χ2n) is 2.66. The van der Waals surface area contributed by atoms with Crippen LogP contribution in [0.3, 0.4) is 0 Å². The molecule has 1 aliphatic heterocycles. The summed E-state index contributed by atoms with van der Waals surface area (Å²) in [6, 6.07) is -0.568. The number of carbonyl (C=O) groups is 2. The zero-order valence-corrected chi connectivity index (χ0v) is 6.54. The van der Waals surface area contributed by atoms with Gasteiger partial charge in [-0.15, -0.1) is 0 Å². The number of carbonyl (C=O) groups excluding carboxylic acids is 1. The Labute approximate surface area is 69.7 Å². The maximum absolute atomic E-state index is 11.0. The molecule has 3 amide bonds. The number of imide groups is 1. The van der Waals surface area contributed by atoms with E-state index in [1.165, 1.54) is 4.90 Å². The molecule has 0 atom stereocenters. The molecule has 0 saturated carbocycles. The van der Waals surface area contributed by atoms with Crippen LogP contribution in [-0.2, 0) is 0 Å². The van der Waals surface area contributed by atoms with E-state index < -0.39 is 12.1 Å². The molecule has 0 aromatic rings. The van der Waals surface area contributed by atoms with E-state index in [0.717, 1.165) is 12.0 Å². The molecule has 0 unspecified atom stereocenters. The van der Waals surface area contributed by atoms with Crippen molar-refractivity contribution in [3.63, 3.8) is 0 Å². The van der Waals surface area contributed by atoms with Gasteiger partial charge in [-0.1, -0.05) is 12.2 Å². The SMILES string of the molecule is C=C1CCN(C(=O)NC(=O)O)C1. The molecule has 0 aromatic heterocycles. The Hall–Kier alpha value is -1.52. The fourth-order valence-electron chi connectivity index (χ4n) is 1.06. The van der Waals surface area contributed by atoms with Crippen LogP contribution in [0, 0.1) is 0 Å². The number of likely N-dealkylation sites (tertiary alicyclic amines) is 1. The molecule has 2 N–H and O–H groups in total. The van der Waals surface area contributed by atoms with E-state index in [1.54, 1.807) is 5.32 Å². The van der Waals surface area contributed by atoms with E-state index in [2.05, 4.69) is 6.58 Å². The number of amides is 3. The van der Waals surface area contributed by atoms with Gasteiger partial charge in [-0.25, -0.2) is 14.9 Å². The van der Waals surface area contributed by atoms with Crippen LogP contribution >= 0.6 is 0 Å². The highest BCUT2D eigenvalue weighted by Crippen LogP contribution is 2.12. The number of rotatable bonds is 0. The van der Waals surface area contributed by atoms with Crippen LogP contribution in [0.25, 0.3) is 0 Å². The number of nitrogens with zero attached hydrogens (tertiary/aromatic N) is 1. The van der Waals surface area contributed by atoms with Gasteiger partial charge >= 0.3 is 12.1 Å². The number of hydrogen-bond donors (Lipinski definition) is 2. The summed E-state index contributed by atoms with van der Waals surface area (Å²) in [5.74, 6) is 0. The van der Waals surface area contributed by atoms with E-state index in [9.17, 15) is 9.59 Å². The quantitative estimate of drug-likeness (QED) is 0.524. The van der Waals surface area contributed by atoms with Gasteiger partial charge in [0.15, 0.2) is 0 Å². The fraction of sp³-hybridized carbons (Fsp3) is 0.429. The van der Waals surface area contributed by atoms with E-state index in [4.69, 9.17) is 5.11 Å². The smallest absolute Gasteiger partial charge is 0.412 e. The lowest BCUT2D eigenvalue weighted by Crippen LogP contribution is -2.40. The first-order valence-corrected chi connectivity index (χ1v) is 3.55. The third-order valence-corrected chi connectivity index (χ3v) is 1.65. The Kier molecular flexibility index (Phi) is 2.32. The number of carboxylic acid groups (broad SMARTS) is 1. The minimum atomic E-state index is -1.32. The molecule has 1 heterocycles. The van der Waals surface area contributed by atoms with Gasteiger partial charge in [0, 0.05) is 13.1 Å². The van der Waals surface area contributed by atoms with E-state index in [1.807, 2.05) is 0 Å². The molecule has 1 saturated heterocycles. The molecule has 1 rings (SSSR count). The maximum atomic E-state index is 11.0. The van der Waals surface area contributed by atoms with Gasteiger partial charge < -0.3 is 10.0 Å². The normalized spacial score (nSPS) is 16.3. The third kappa shape index (κ3) is 1.98. The highest BCUT2D eigenvalue weighted by molar-refractivity contribution is 5.90. The van der Waals surface area contributed by atoms with E-state index in [-0.39, 0.29) is 0 Å². The van der Waals surface area contributed by atoms with Crippen LogP contribution in [0.1, 0.15) is 6.42 Å². The lowest BCUT2D eigenvalue weighted by molar-refractivity contribution is 0.182. The average molecular weight is 170 g/mol. The molecule has 0 aromatic carbocycles. The van der Waals surface area contributed by atoms with Crippen LogP contribution in [-0.4, -0.2) is 35.2 Å². The van der Waals surface area contributed by atoms with Crippen LogP contribution < -0.4 is 5.32 Å². The van der Waals surface area contributed by atoms with Crippen molar-refractivity contribution >= 4 is 12.1 Å². The summed E-state index contributed by atoms with van der Waals surface area (Å²) < 4.78 is 0. The molecular weight excluding hydrogens is 160 g/mol. The summed E-state index contributed by atoms with van der Waals surface area (Å²) in [5.41, 5.74) is 0.954. The van der Waals surface area contributed by atoms with Gasteiger partial charge in [0.1, 0.15) is 0 Å². The average Bonchev–Trinajstić information content (AvgIpc) is 2.34. The summed E-state index contributed by atoms with van der Waals surface area (Å²) in [4.78, 5) is 22.5. The molecule has 0 radical (unpaired) electrons. The zero-order valence-electron chi connectivity index (χ0n) is 6.54. The van der Waals surface area contributed by atoms with E-state index >= 15 is 0 Å². The minimum Gasteiger partial charge on any atom is -0.465 e. The Morgan fingerprint density at radius 3 is 2.67 bits per heavy atom. The van der Waals surface area contributed by atoms with E-state index in [0.29, 0.717) is 13.1 Å². The lowest BCUT2D eigenvalue weighted by Gasteiger charge is -2.13. The molecule has 5 heteroatoms. The largest absolute Gasteiger partial charge is 0.465 e. The van der Waals surface area contributed by atoms with Crippen molar-refractivity contribution in [2.75, 3.05) is 13.1 Å². The molecule has 0 spiro atoms. The van der Waals surface area contributed by atoms with Crippen molar-refractivity contribution < 1.29 is 14.7 Å². The topological polar surface area (TPSA) is 69.6 Å². The summed E-state index contributed by atoms with van der Waals surface area (Å²) in [6.45, 7) is 4.71. The van der Waals surface area contributed by atoms with Crippen molar-refractivity contribution in [1.82, 2.24) is 10.2 Å². The van der Waals surface area contributed by atoms with Crippen LogP contribution in [0.2, 0.25) is 0 Å². The fourth-order valence-corrected chi connectivity index (χ4v) is 1.06. The first-order valence-electron chi connectivity index (χ1n) is 3.55. The summed E-state index contributed by atoms with van der Waals surface area (Å²) >= 11 is 0. The zero-order chi connectivity index (χ0) is 9.14. The molecule has 5 nitrogen and oxygen atoms in total. The Morgan fingerprint density at radius 1 is 1.58 bits per heavy atom. The maximum Gasteiger partial charge on any atom is 0.412 e. The van der Waals surface area contributed by atoms with Gasteiger partial charge in [-0.2, -0.15) is 0 Å². The molecule has 12 heavy (non-hydrogen) atoms. The first kappa shape index (κ1) is 8.58. The third-order valence-electron chi connectivity index (χ3n) is 1.65. The van der Waals surface area contributed by atoms with Crippen LogP contribution in [0.15, 0.2) is 12.2 Å². The second-order valence-corrected chi connectivity index (χ2v) is 2.66. The minimum absolute atomic E-state index is 0.457. The van der Waals surface area contributed by atoms with Gasteiger partial charge in [0.05, 0.1) is 0 Å². The molecule has 1 aliphatic rings. The van der Waals surface area contributed by atoms with Crippen LogP contribution in [0.5, 0.6) is 0 Å². The lowest BCUT2D eigenvalue weighted by atomic mass is 10.3. The molecule has 1 fully saturated rings. The standard InChI is InChI=1S/C7H10N2O3/c1-5-2-3-9(4-5)6(10)8-7(11)12/h1-4H2,(H,8,10)(H,11,12). The van der Waals surface area contributed by atoms with Crippen molar-refractivity contribution in [2.24, 2.45) is 0 Å². The van der Waals surface area contributed by atoms with Gasteiger partial charge in [-0.3, -0.25) is 0 Å². The number of nitrogens with one attached hydrogen (secondary N) is 1. The van der Waals surface area contributed by atoms with Crippen molar-refractivity contribution in [2.45, 2.75) is 6.42 Å². The Balaban J connectivity index is 2.43. The van der Waals surface area contributed by atoms with Gasteiger partial charge in [0.2, 0.25) is 0 Å². The van der Waals surface area contributed by atoms with Gasteiger partial charge in [0.25, 0.3) is 0 Å². The van der Waals surface area contributed by atoms with Gasteiger partial charge in [-0.05, 0) is 6.42 Å². The van der Waals surface area contributed by atoms with Crippen molar-refractivity contribution in [1.29, 1.82) is 0 Å². The van der Waals surface area contributed by atoms with Crippen molar-refractivity contribution in [3.05, 3.63) is 12.2 Å². The summed E-state index contributed by atoms with van der Waals surface area (Å²) in [6.07, 6.45) is -0.565. The first-order chi connectivity index (χ1) is 5.59. The number of hydrogen-bond acceptors (Lipinski definition) is 2. The predicted molar refractivity (Wildman–Crippen MR) is 41.9 cm³/mol. The van der Waals surface area contributed by atoms with Crippen molar-refractivity contribution in [3.8, 4) is 0 Å². The Bertz CT molecular complexity index is 237.